The van der Waals surface area contributed by atoms with Gasteiger partial charge in [0, 0.05) is 24.6 Å². The molecule has 3 aromatic carbocycles. The molecule has 1 aliphatic heterocycles. The summed E-state index contributed by atoms with van der Waals surface area (Å²) in [7, 11) is 1.64. The first-order valence-electron chi connectivity index (χ1n) is 11.8. The van der Waals surface area contributed by atoms with Gasteiger partial charge in [0.25, 0.3) is 0 Å². The summed E-state index contributed by atoms with van der Waals surface area (Å²) in [5, 5.41) is 0. The number of imidazole rings is 1. The van der Waals surface area contributed by atoms with E-state index >= 15 is 0 Å². The van der Waals surface area contributed by atoms with Gasteiger partial charge in [-0.2, -0.15) is 0 Å². The molecule has 0 radical (unpaired) electrons. The highest BCUT2D eigenvalue weighted by atomic mass is 16.5. The van der Waals surface area contributed by atoms with Crippen LogP contribution in [-0.2, 0) is 17.8 Å². The summed E-state index contributed by atoms with van der Waals surface area (Å²) in [5.41, 5.74) is 4.21. The average molecular weight is 456 g/mol. The van der Waals surface area contributed by atoms with Crippen LogP contribution >= 0.6 is 0 Å². The molecule has 174 valence electrons. The first kappa shape index (κ1) is 22.0. The average Bonchev–Trinajstić information content (AvgIpc) is 3.45. The van der Waals surface area contributed by atoms with Crippen LogP contribution in [-0.4, -0.2) is 35.7 Å². The number of anilines is 1. The van der Waals surface area contributed by atoms with Gasteiger partial charge in [-0.1, -0.05) is 43.3 Å². The van der Waals surface area contributed by atoms with E-state index in [0.717, 1.165) is 29.0 Å². The molecule has 1 saturated heterocycles. The molecular weight excluding hydrogens is 426 g/mol. The van der Waals surface area contributed by atoms with Crippen LogP contribution in [0.2, 0.25) is 0 Å². The molecule has 1 aromatic heterocycles. The smallest absolute Gasteiger partial charge is 0.227 e. The molecule has 1 aliphatic rings. The molecule has 34 heavy (non-hydrogen) atoms. The minimum atomic E-state index is 0.0250. The number of carbonyl (C=O) groups is 1. The SMILES string of the molecule is CCc1ccc(N2C[C@@H](c3nc4ccccc4n3CCOc3ccccc3OC)CC2=O)cc1. The quantitative estimate of drug-likeness (QED) is 0.366. The van der Waals surface area contributed by atoms with Crippen LogP contribution in [0.3, 0.4) is 0 Å². The minimum Gasteiger partial charge on any atom is -0.493 e. The van der Waals surface area contributed by atoms with Crippen LogP contribution < -0.4 is 14.4 Å². The van der Waals surface area contributed by atoms with Gasteiger partial charge in [0.15, 0.2) is 11.5 Å². The van der Waals surface area contributed by atoms with Crippen molar-refractivity contribution in [1.29, 1.82) is 0 Å². The Bertz CT molecular complexity index is 1300. The van der Waals surface area contributed by atoms with E-state index in [1.807, 2.05) is 59.5 Å². The second-order valence-corrected chi connectivity index (χ2v) is 8.54. The largest absolute Gasteiger partial charge is 0.493 e. The van der Waals surface area contributed by atoms with Gasteiger partial charge in [0.05, 0.1) is 24.7 Å². The van der Waals surface area contributed by atoms with Crippen molar-refractivity contribution < 1.29 is 14.3 Å². The third-order valence-electron chi connectivity index (χ3n) is 6.47. The zero-order chi connectivity index (χ0) is 23.5. The number of fused-ring (bicyclic) bond motifs is 1. The van der Waals surface area contributed by atoms with Crippen LogP contribution in [0.1, 0.15) is 30.7 Å². The second-order valence-electron chi connectivity index (χ2n) is 8.54. The molecule has 1 amide bonds. The normalized spacial score (nSPS) is 15.8. The number of amides is 1. The van der Waals surface area contributed by atoms with E-state index in [9.17, 15) is 4.79 Å². The Morgan fingerprint density at radius 2 is 1.71 bits per heavy atom. The zero-order valence-electron chi connectivity index (χ0n) is 19.6. The number of hydrogen-bond donors (Lipinski definition) is 0. The molecule has 5 rings (SSSR count). The highest BCUT2D eigenvalue weighted by molar-refractivity contribution is 5.96. The highest BCUT2D eigenvalue weighted by Gasteiger charge is 2.34. The van der Waals surface area contributed by atoms with Gasteiger partial charge in [-0.05, 0) is 48.4 Å². The molecule has 1 atom stereocenters. The van der Waals surface area contributed by atoms with Gasteiger partial charge in [-0.15, -0.1) is 0 Å². The Morgan fingerprint density at radius 3 is 2.47 bits per heavy atom. The van der Waals surface area contributed by atoms with Crippen molar-refractivity contribution in [2.75, 3.05) is 25.2 Å². The van der Waals surface area contributed by atoms with Crippen LogP contribution in [0, 0.1) is 0 Å². The van der Waals surface area contributed by atoms with E-state index in [0.29, 0.717) is 37.6 Å². The summed E-state index contributed by atoms with van der Waals surface area (Å²) in [5.74, 6) is 2.53. The van der Waals surface area contributed by atoms with Crippen LogP contribution in [0.15, 0.2) is 72.8 Å². The number of methoxy groups -OCH3 is 1. The Labute approximate surface area is 199 Å². The number of nitrogens with zero attached hydrogens (tertiary/aromatic N) is 3. The summed E-state index contributed by atoms with van der Waals surface area (Å²) in [6.07, 6.45) is 1.43. The minimum absolute atomic E-state index is 0.0250. The second kappa shape index (κ2) is 9.59. The molecule has 0 bridgehead atoms. The topological polar surface area (TPSA) is 56.6 Å². The standard InChI is InChI=1S/C28H29N3O3/c1-3-20-12-14-22(15-13-20)31-19-21(18-27(31)32)28-29-23-8-4-5-9-24(23)30(28)16-17-34-26-11-7-6-10-25(26)33-2/h4-15,21H,3,16-19H2,1-2H3/t21-/m0/s1. The summed E-state index contributed by atoms with van der Waals surface area (Å²) in [6.45, 7) is 3.86. The van der Waals surface area contributed by atoms with E-state index in [-0.39, 0.29) is 11.8 Å². The van der Waals surface area contributed by atoms with Crippen molar-refractivity contribution in [2.45, 2.75) is 32.2 Å². The number of hydrogen-bond acceptors (Lipinski definition) is 4. The maximum atomic E-state index is 13.0. The lowest BCUT2D eigenvalue weighted by atomic mass is 10.1. The Kier molecular flexibility index (Phi) is 6.21. The number of ether oxygens (including phenoxy) is 2. The predicted octanol–water partition coefficient (Wildman–Crippen LogP) is 5.21. The fourth-order valence-corrected chi connectivity index (χ4v) is 4.67. The lowest BCUT2D eigenvalue weighted by molar-refractivity contribution is -0.117. The van der Waals surface area contributed by atoms with Crippen LogP contribution in [0.25, 0.3) is 11.0 Å². The number of rotatable bonds is 8. The maximum Gasteiger partial charge on any atom is 0.227 e. The lowest BCUT2D eigenvalue weighted by Crippen LogP contribution is -2.24. The Hall–Kier alpha value is -3.80. The Balaban J connectivity index is 1.39. The van der Waals surface area contributed by atoms with E-state index in [1.165, 1.54) is 5.56 Å². The molecule has 6 nitrogen and oxygen atoms in total. The molecule has 0 aliphatic carbocycles. The fraction of sp³-hybridized carbons (Fsp3) is 0.286. The van der Waals surface area contributed by atoms with E-state index < -0.39 is 0 Å². The molecular formula is C28H29N3O3. The van der Waals surface area contributed by atoms with Gasteiger partial charge < -0.3 is 18.9 Å². The van der Waals surface area contributed by atoms with Gasteiger partial charge in [-0.25, -0.2) is 4.98 Å². The lowest BCUT2D eigenvalue weighted by Gasteiger charge is -2.18. The molecule has 6 heteroatoms. The molecule has 4 aromatic rings. The van der Waals surface area contributed by atoms with Gasteiger partial charge >= 0.3 is 0 Å². The summed E-state index contributed by atoms with van der Waals surface area (Å²) >= 11 is 0. The number of carbonyl (C=O) groups excluding carboxylic acids is 1. The third kappa shape index (κ3) is 4.23. The zero-order valence-corrected chi connectivity index (χ0v) is 19.6. The first-order chi connectivity index (χ1) is 16.7. The Morgan fingerprint density at radius 1 is 0.971 bits per heavy atom. The van der Waals surface area contributed by atoms with E-state index in [2.05, 4.69) is 29.7 Å². The molecule has 0 spiro atoms. The summed E-state index contributed by atoms with van der Waals surface area (Å²) < 4.78 is 13.7. The molecule has 0 N–H and O–H groups in total. The van der Waals surface area contributed by atoms with Crippen molar-refractivity contribution in [3.05, 3.63) is 84.2 Å². The molecule has 0 saturated carbocycles. The molecule has 0 unspecified atom stereocenters. The van der Waals surface area contributed by atoms with Gasteiger partial charge in [0.2, 0.25) is 5.91 Å². The number of para-hydroxylation sites is 4. The van der Waals surface area contributed by atoms with Crippen molar-refractivity contribution in [3.8, 4) is 11.5 Å². The predicted molar refractivity (Wildman–Crippen MR) is 134 cm³/mol. The monoisotopic (exact) mass is 455 g/mol. The maximum absolute atomic E-state index is 13.0. The van der Waals surface area contributed by atoms with Crippen molar-refractivity contribution in [3.63, 3.8) is 0 Å². The summed E-state index contributed by atoms with van der Waals surface area (Å²) in [4.78, 5) is 19.8. The number of benzene rings is 3. The van der Waals surface area contributed by atoms with Crippen LogP contribution in [0.5, 0.6) is 11.5 Å². The molecule has 1 fully saturated rings. The van der Waals surface area contributed by atoms with Crippen molar-refractivity contribution >= 4 is 22.6 Å². The van der Waals surface area contributed by atoms with E-state index in [1.54, 1.807) is 7.11 Å². The van der Waals surface area contributed by atoms with Gasteiger partial charge in [0.1, 0.15) is 12.4 Å². The molecule has 2 heterocycles. The van der Waals surface area contributed by atoms with Crippen molar-refractivity contribution in [2.24, 2.45) is 0 Å². The fourth-order valence-electron chi connectivity index (χ4n) is 4.67. The van der Waals surface area contributed by atoms with E-state index in [4.69, 9.17) is 14.5 Å². The number of aromatic nitrogens is 2. The van der Waals surface area contributed by atoms with Crippen LogP contribution in [0.4, 0.5) is 5.69 Å². The van der Waals surface area contributed by atoms with Crippen molar-refractivity contribution in [1.82, 2.24) is 9.55 Å². The summed E-state index contributed by atoms with van der Waals surface area (Å²) in [6, 6.07) is 24.0. The number of aryl methyl sites for hydroxylation is 1. The first-order valence-corrected chi connectivity index (χ1v) is 11.8. The van der Waals surface area contributed by atoms with Gasteiger partial charge in [-0.3, -0.25) is 4.79 Å². The third-order valence-corrected chi connectivity index (χ3v) is 6.47. The highest BCUT2D eigenvalue weighted by Crippen LogP contribution is 2.33.